The van der Waals surface area contributed by atoms with Crippen molar-refractivity contribution in [2.24, 2.45) is 0 Å². The van der Waals surface area contributed by atoms with Gasteiger partial charge in [0.05, 0.1) is 18.4 Å². The van der Waals surface area contributed by atoms with E-state index < -0.39 is 5.97 Å². The number of carbonyl (C=O) groups is 2. The molecular weight excluding hydrogens is 420 g/mol. The zero-order valence-electron chi connectivity index (χ0n) is 15.7. The summed E-state index contributed by atoms with van der Waals surface area (Å²) < 4.78 is 6.61. The maximum absolute atomic E-state index is 12.6. The molecule has 0 bridgehead atoms. The van der Waals surface area contributed by atoms with Crippen molar-refractivity contribution in [1.29, 1.82) is 0 Å². The summed E-state index contributed by atoms with van der Waals surface area (Å²) in [4.78, 5) is 24.5. The van der Waals surface area contributed by atoms with Crippen LogP contribution in [0.25, 0.3) is 11.1 Å². The highest BCUT2D eigenvalue weighted by Crippen LogP contribution is 2.21. The fraction of sp³-hybridized carbons (Fsp3) is 0.136. The lowest BCUT2D eigenvalue weighted by Crippen LogP contribution is -3.00. The molecule has 1 heterocycles. The summed E-state index contributed by atoms with van der Waals surface area (Å²) in [6, 6.07) is 19.1. The predicted molar refractivity (Wildman–Crippen MR) is 103 cm³/mol. The first-order valence-electron chi connectivity index (χ1n) is 8.61. The Bertz CT molecular complexity index is 975. The van der Waals surface area contributed by atoms with Gasteiger partial charge >= 0.3 is 5.97 Å². The van der Waals surface area contributed by atoms with Crippen LogP contribution in [0.2, 0.25) is 0 Å². The summed E-state index contributed by atoms with van der Waals surface area (Å²) >= 11 is 0. The van der Waals surface area contributed by atoms with Crippen LogP contribution in [0.5, 0.6) is 0 Å². The first kappa shape index (κ1) is 21.3. The van der Waals surface area contributed by atoms with Gasteiger partial charge in [-0.3, -0.25) is 4.79 Å². The molecular formula is C22H21BrN2O3. The minimum Gasteiger partial charge on any atom is -1.00 e. The lowest BCUT2D eigenvalue weighted by atomic mass is 10.1. The molecule has 2 aromatic carbocycles. The van der Waals surface area contributed by atoms with Gasteiger partial charge in [0.25, 0.3) is 5.91 Å². The molecule has 5 nitrogen and oxygen atoms in total. The Morgan fingerprint density at radius 3 is 2.39 bits per heavy atom. The molecule has 1 N–H and O–H groups in total. The van der Waals surface area contributed by atoms with E-state index in [2.05, 4.69) is 5.32 Å². The van der Waals surface area contributed by atoms with E-state index in [-0.39, 0.29) is 29.4 Å². The quantitative estimate of drug-likeness (QED) is 0.460. The number of hydrogen-bond acceptors (Lipinski definition) is 3. The second-order valence-corrected chi connectivity index (χ2v) is 6.17. The molecule has 0 radical (unpaired) electrons. The molecule has 1 amide bonds. The minimum absolute atomic E-state index is 0. The summed E-state index contributed by atoms with van der Waals surface area (Å²) in [5.74, 6) is -0.697. The number of aryl methyl sites for hydroxylation is 1. The van der Waals surface area contributed by atoms with Gasteiger partial charge in [-0.15, -0.1) is 0 Å². The smallest absolute Gasteiger partial charge is 0.339 e. The van der Waals surface area contributed by atoms with Gasteiger partial charge in [0.15, 0.2) is 12.4 Å². The number of nitrogens with zero attached hydrogens (tertiary/aromatic N) is 1. The number of aromatic nitrogens is 1. The SMILES string of the molecule is COC(=O)c1cccc(C)c1NC(=O)C[n+]1cccc(-c2ccccc2)c1.[Br-]. The molecule has 144 valence electrons. The number of nitrogens with one attached hydrogen (secondary N) is 1. The van der Waals surface area contributed by atoms with Gasteiger partial charge in [0, 0.05) is 11.6 Å². The average molecular weight is 441 g/mol. The van der Waals surface area contributed by atoms with E-state index in [1.807, 2.05) is 72.4 Å². The van der Waals surface area contributed by atoms with E-state index in [0.29, 0.717) is 11.3 Å². The first-order valence-corrected chi connectivity index (χ1v) is 8.61. The number of amides is 1. The van der Waals surface area contributed by atoms with Crippen molar-refractivity contribution in [2.75, 3.05) is 12.4 Å². The Morgan fingerprint density at radius 1 is 0.964 bits per heavy atom. The predicted octanol–water partition coefficient (Wildman–Crippen LogP) is 0.379. The van der Waals surface area contributed by atoms with Crippen molar-refractivity contribution in [1.82, 2.24) is 0 Å². The molecule has 0 saturated carbocycles. The van der Waals surface area contributed by atoms with Gasteiger partial charge in [-0.2, -0.15) is 4.57 Å². The highest BCUT2D eigenvalue weighted by molar-refractivity contribution is 6.01. The molecule has 0 unspecified atom stereocenters. The van der Waals surface area contributed by atoms with Crippen molar-refractivity contribution in [2.45, 2.75) is 13.5 Å². The van der Waals surface area contributed by atoms with Crippen LogP contribution in [-0.4, -0.2) is 19.0 Å². The maximum atomic E-state index is 12.6. The molecule has 0 atom stereocenters. The molecule has 6 heteroatoms. The third kappa shape index (κ3) is 5.04. The Morgan fingerprint density at radius 2 is 1.68 bits per heavy atom. The van der Waals surface area contributed by atoms with Crippen LogP contribution < -0.4 is 26.9 Å². The molecule has 3 rings (SSSR count). The zero-order valence-corrected chi connectivity index (χ0v) is 17.3. The van der Waals surface area contributed by atoms with Crippen molar-refractivity contribution in [3.63, 3.8) is 0 Å². The Kier molecular flexibility index (Phi) is 7.46. The monoisotopic (exact) mass is 440 g/mol. The molecule has 0 fully saturated rings. The van der Waals surface area contributed by atoms with E-state index in [4.69, 9.17) is 4.74 Å². The molecule has 28 heavy (non-hydrogen) atoms. The number of pyridine rings is 1. The van der Waals surface area contributed by atoms with Gasteiger partial charge in [0.1, 0.15) is 0 Å². The van der Waals surface area contributed by atoms with E-state index >= 15 is 0 Å². The first-order chi connectivity index (χ1) is 13.1. The summed E-state index contributed by atoms with van der Waals surface area (Å²) in [5, 5.41) is 2.84. The van der Waals surface area contributed by atoms with Crippen molar-refractivity contribution in [3.8, 4) is 11.1 Å². The van der Waals surface area contributed by atoms with Crippen LogP contribution in [0.1, 0.15) is 15.9 Å². The number of esters is 1. The lowest BCUT2D eigenvalue weighted by molar-refractivity contribution is -0.683. The molecule has 0 saturated heterocycles. The number of anilines is 1. The summed E-state index contributed by atoms with van der Waals surface area (Å²) in [5.41, 5.74) is 3.73. The van der Waals surface area contributed by atoms with Gasteiger partial charge < -0.3 is 27.0 Å². The Hall–Kier alpha value is -2.99. The second kappa shape index (κ2) is 9.80. The van der Waals surface area contributed by atoms with E-state index in [1.54, 1.807) is 12.1 Å². The molecule has 1 aromatic heterocycles. The Balaban J connectivity index is 0.00000280. The highest BCUT2D eigenvalue weighted by Gasteiger charge is 2.18. The maximum Gasteiger partial charge on any atom is 0.339 e. The fourth-order valence-electron chi connectivity index (χ4n) is 2.88. The Labute approximate surface area is 174 Å². The number of benzene rings is 2. The number of ether oxygens (including phenoxy) is 1. The topological polar surface area (TPSA) is 59.3 Å². The summed E-state index contributed by atoms with van der Waals surface area (Å²) in [7, 11) is 1.32. The van der Waals surface area contributed by atoms with Gasteiger partial charge in [-0.25, -0.2) is 4.79 Å². The number of rotatable bonds is 5. The molecule has 0 aliphatic carbocycles. The van der Waals surface area contributed by atoms with Crippen molar-refractivity contribution >= 4 is 17.6 Å². The van der Waals surface area contributed by atoms with Gasteiger partial charge in [-0.1, -0.05) is 42.5 Å². The number of para-hydroxylation sites is 1. The number of hydrogen-bond donors (Lipinski definition) is 1. The number of halogens is 1. The molecule has 0 spiro atoms. The van der Waals surface area contributed by atoms with Crippen LogP contribution in [0.15, 0.2) is 73.1 Å². The largest absolute Gasteiger partial charge is 1.00 e. The number of carbonyl (C=O) groups excluding carboxylic acids is 2. The van der Waals surface area contributed by atoms with Crippen LogP contribution in [0.4, 0.5) is 5.69 Å². The van der Waals surface area contributed by atoms with Gasteiger partial charge in [0.2, 0.25) is 6.54 Å². The highest BCUT2D eigenvalue weighted by atomic mass is 79.9. The van der Waals surface area contributed by atoms with E-state index in [1.165, 1.54) is 7.11 Å². The fourth-order valence-corrected chi connectivity index (χ4v) is 2.88. The zero-order chi connectivity index (χ0) is 19.2. The summed E-state index contributed by atoms with van der Waals surface area (Å²) in [6.45, 7) is 1.97. The van der Waals surface area contributed by atoms with Crippen LogP contribution in [0, 0.1) is 6.92 Å². The minimum atomic E-state index is -0.479. The second-order valence-electron chi connectivity index (χ2n) is 6.17. The summed E-state index contributed by atoms with van der Waals surface area (Å²) in [6.07, 6.45) is 3.76. The van der Waals surface area contributed by atoms with Crippen molar-refractivity contribution < 1.29 is 35.9 Å². The van der Waals surface area contributed by atoms with Crippen LogP contribution in [0.3, 0.4) is 0 Å². The van der Waals surface area contributed by atoms with Crippen LogP contribution in [-0.2, 0) is 16.1 Å². The standard InChI is InChI=1S/C22H20N2O3.BrH/c1-16-8-6-12-19(22(26)27-2)21(16)23-20(25)15-24-13-7-11-18(14-24)17-9-4-3-5-10-17;/h3-14H,15H2,1-2H3;1H. The lowest BCUT2D eigenvalue weighted by Gasteiger charge is -2.11. The van der Waals surface area contributed by atoms with E-state index in [0.717, 1.165) is 16.7 Å². The van der Waals surface area contributed by atoms with Crippen molar-refractivity contribution in [3.05, 3.63) is 84.2 Å². The molecule has 3 aromatic rings. The average Bonchev–Trinajstić information content (AvgIpc) is 2.70. The molecule has 0 aliphatic heterocycles. The third-order valence-corrected chi connectivity index (χ3v) is 4.23. The van der Waals surface area contributed by atoms with Gasteiger partial charge in [-0.05, 0) is 30.2 Å². The van der Waals surface area contributed by atoms with Crippen LogP contribution >= 0.6 is 0 Å². The molecule has 0 aliphatic rings. The third-order valence-electron chi connectivity index (χ3n) is 4.23. The normalized spacial score (nSPS) is 9.93. The number of methoxy groups -OCH3 is 1. The van der Waals surface area contributed by atoms with E-state index in [9.17, 15) is 9.59 Å².